The molecule has 0 spiro atoms. The third-order valence-electron chi connectivity index (χ3n) is 3.85. The molecule has 1 saturated heterocycles. The molecule has 0 radical (unpaired) electrons. The Morgan fingerprint density at radius 1 is 1.50 bits per heavy atom. The van der Waals surface area contributed by atoms with Crippen LogP contribution in [0.25, 0.3) is 0 Å². The summed E-state index contributed by atoms with van der Waals surface area (Å²) >= 11 is 0. The van der Waals surface area contributed by atoms with Gasteiger partial charge in [0.1, 0.15) is 5.69 Å². The van der Waals surface area contributed by atoms with E-state index in [2.05, 4.69) is 15.7 Å². The molecule has 2 amide bonds. The highest BCUT2D eigenvalue weighted by Crippen LogP contribution is 2.16. The van der Waals surface area contributed by atoms with Crippen molar-refractivity contribution in [2.24, 2.45) is 0 Å². The monoisotopic (exact) mass is 307 g/mol. The summed E-state index contributed by atoms with van der Waals surface area (Å²) in [5.74, 6) is -0.343. The quantitative estimate of drug-likeness (QED) is 0.797. The largest absolute Gasteiger partial charge is 0.355 e. The Bertz CT molecular complexity index is 508. The van der Waals surface area contributed by atoms with Crippen molar-refractivity contribution in [2.75, 3.05) is 32.7 Å². The van der Waals surface area contributed by atoms with Crippen LogP contribution < -0.4 is 10.6 Å². The van der Waals surface area contributed by atoms with E-state index in [4.69, 9.17) is 0 Å². The lowest BCUT2D eigenvalue weighted by Crippen LogP contribution is -2.40. The molecule has 1 aromatic heterocycles. The van der Waals surface area contributed by atoms with Crippen LogP contribution in [-0.2, 0) is 4.79 Å². The molecular weight excluding hydrogens is 282 g/mol. The number of nitrogens with zero attached hydrogens (tertiary/aromatic N) is 3. The fraction of sp³-hybridized carbons (Fsp3) is 0.667. The second-order valence-corrected chi connectivity index (χ2v) is 5.45. The molecule has 1 aliphatic heterocycles. The zero-order chi connectivity index (χ0) is 15.9. The van der Waals surface area contributed by atoms with Gasteiger partial charge >= 0.3 is 0 Å². The topological polar surface area (TPSA) is 79.3 Å². The van der Waals surface area contributed by atoms with Crippen LogP contribution in [0.3, 0.4) is 0 Å². The molecule has 0 bridgehead atoms. The number of likely N-dealkylation sites (N-methyl/N-ethyl adjacent to an activating group) is 2. The van der Waals surface area contributed by atoms with E-state index in [1.54, 1.807) is 6.07 Å². The SMILES string of the molecule is CCNC(=O)CN(CC)C(=O)c1ccn(C2CCCNC2)n1. The number of hydrogen-bond acceptors (Lipinski definition) is 4. The van der Waals surface area contributed by atoms with Crippen molar-refractivity contribution in [2.45, 2.75) is 32.7 Å². The number of carbonyl (C=O) groups excluding carboxylic acids is 2. The molecule has 22 heavy (non-hydrogen) atoms. The maximum atomic E-state index is 12.5. The molecule has 2 heterocycles. The molecule has 122 valence electrons. The molecule has 2 rings (SSSR count). The smallest absolute Gasteiger partial charge is 0.274 e. The molecule has 7 heteroatoms. The zero-order valence-electron chi connectivity index (χ0n) is 13.3. The van der Waals surface area contributed by atoms with Gasteiger partial charge in [-0.2, -0.15) is 5.10 Å². The molecule has 1 unspecified atom stereocenters. The Morgan fingerprint density at radius 3 is 2.95 bits per heavy atom. The van der Waals surface area contributed by atoms with Crippen LogP contribution in [0.5, 0.6) is 0 Å². The summed E-state index contributed by atoms with van der Waals surface area (Å²) in [5, 5.41) is 10.5. The lowest BCUT2D eigenvalue weighted by atomic mass is 10.1. The number of aromatic nitrogens is 2. The maximum absolute atomic E-state index is 12.5. The van der Waals surface area contributed by atoms with E-state index in [1.165, 1.54) is 4.90 Å². The first-order valence-corrected chi connectivity index (χ1v) is 7.97. The first-order valence-electron chi connectivity index (χ1n) is 7.97. The minimum atomic E-state index is -0.198. The summed E-state index contributed by atoms with van der Waals surface area (Å²) in [7, 11) is 0. The fourth-order valence-electron chi connectivity index (χ4n) is 2.63. The highest BCUT2D eigenvalue weighted by molar-refractivity contribution is 5.94. The Labute approximate surface area is 131 Å². The minimum Gasteiger partial charge on any atom is -0.355 e. The molecular formula is C15H25N5O2. The minimum absolute atomic E-state index is 0.0705. The lowest BCUT2D eigenvalue weighted by Gasteiger charge is -2.23. The van der Waals surface area contributed by atoms with E-state index in [0.29, 0.717) is 24.8 Å². The maximum Gasteiger partial charge on any atom is 0.274 e. The van der Waals surface area contributed by atoms with Crippen LogP contribution in [-0.4, -0.2) is 59.2 Å². The Balaban J connectivity index is 2.01. The number of amides is 2. The summed E-state index contributed by atoms with van der Waals surface area (Å²) in [6, 6.07) is 2.03. The average molecular weight is 307 g/mol. The molecule has 1 atom stereocenters. The van der Waals surface area contributed by atoms with E-state index in [1.807, 2.05) is 24.7 Å². The Kier molecular flexibility index (Phi) is 5.94. The van der Waals surface area contributed by atoms with Gasteiger partial charge in [-0.05, 0) is 39.3 Å². The van der Waals surface area contributed by atoms with Crippen LogP contribution in [0.2, 0.25) is 0 Å². The highest BCUT2D eigenvalue weighted by Gasteiger charge is 2.21. The predicted octanol–water partition coefficient (Wildman–Crippen LogP) is 0.406. The second kappa shape index (κ2) is 7.93. The van der Waals surface area contributed by atoms with Crippen LogP contribution in [0, 0.1) is 0 Å². The second-order valence-electron chi connectivity index (χ2n) is 5.45. The molecule has 0 saturated carbocycles. The number of piperidine rings is 1. The van der Waals surface area contributed by atoms with E-state index in [9.17, 15) is 9.59 Å². The number of hydrogen-bond donors (Lipinski definition) is 2. The summed E-state index contributed by atoms with van der Waals surface area (Å²) in [4.78, 5) is 25.6. The third kappa shape index (κ3) is 4.07. The van der Waals surface area contributed by atoms with Crippen molar-refractivity contribution < 1.29 is 9.59 Å². The Hall–Kier alpha value is -1.89. The van der Waals surface area contributed by atoms with Gasteiger partial charge < -0.3 is 15.5 Å². The lowest BCUT2D eigenvalue weighted by molar-refractivity contribution is -0.121. The van der Waals surface area contributed by atoms with Crippen LogP contribution in [0.4, 0.5) is 0 Å². The van der Waals surface area contributed by atoms with Gasteiger partial charge in [-0.1, -0.05) is 0 Å². The zero-order valence-corrected chi connectivity index (χ0v) is 13.3. The average Bonchev–Trinajstić information content (AvgIpc) is 3.03. The molecule has 1 aliphatic rings. The van der Waals surface area contributed by atoms with E-state index < -0.39 is 0 Å². The first kappa shape index (κ1) is 16.5. The normalized spacial score (nSPS) is 18.0. The summed E-state index contributed by atoms with van der Waals surface area (Å²) < 4.78 is 1.86. The van der Waals surface area contributed by atoms with Gasteiger partial charge in [0, 0.05) is 25.8 Å². The summed E-state index contributed by atoms with van der Waals surface area (Å²) in [6.07, 6.45) is 4.04. The number of carbonyl (C=O) groups is 2. The van der Waals surface area contributed by atoms with Gasteiger partial charge in [-0.25, -0.2) is 0 Å². The van der Waals surface area contributed by atoms with Crippen LogP contribution >= 0.6 is 0 Å². The highest BCUT2D eigenvalue weighted by atomic mass is 16.2. The fourth-order valence-corrected chi connectivity index (χ4v) is 2.63. The third-order valence-corrected chi connectivity index (χ3v) is 3.85. The number of rotatable bonds is 6. The Morgan fingerprint density at radius 2 is 2.32 bits per heavy atom. The molecule has 1 aromatic rings. The molecule has 0 aromatic carbocycles. The van der Waals surface area contributed by atoms with Crippen molar-refractivity contribution in [1.29, 1.82) is 0 Å². The van der Waals surface area contributed by atoms with Crippen molar-refractivity contribution in [1.82, 2.24) is 25.3 Å². The van der Waals surface area contributed by atoms with Gasteiger partial charge in [-0.3, -0.25) is 14.3 Å². The van der Waals surface area contributed by atoms with E-state index in [-0.39, 0.29) is 18.4 Å². The van der Waals surface area contributed by atoms with E-state index >= 15 is 0 Å². The number of nitrogens with one attached hydrogen (secondary N) is 2. The van der Waals surface area contributed by atoms with Gasteiger partial charge in [0.2, 0.25) is 5.91 Å². The van der Waals surface area contributed by atoms with Gasteiger partial charge in [0.15, 0.2) is 0 Å². The molecule has 0 aliphatic carbocycles. The van der Waals surface area contributed by atoms with Gasteiger partial charge in [-0.15, -0.1) is 0 Å². The summed E-state index contributed by atoms with van der Waals surface area (Å²) in [6.45, 7) is 6.75. The van der Waals surface area contributed by atoms with Crippen molar-refractivity contribution in [3.63, 3.8) is 0 Å². The summed E-state index contributed by atoms with van der Waals surface area (Å²) in [5.41, 5.74) is 0.400. The van der Waals surface area contributed by atoms with Gasteiger partial charge in [0.25, 0.3) is 5.91 Å². The molecule has 2 N–H and O–H groups in total. The van der Waals surface area contributed by atoms with Crippen LogP contribution in [0.1, 0.15) is 43.2 Å². The standard InChI is InChI=1S/C15H25N5O2/c1-3-17-14(21)11-19(4-2)15(22)13-7-9-20(18-13)12-6-5-8-16-10-12/h7,9,12,16H,3-6,8,10-11H2,1-2H3,(H,17,21). The van der Waals surface area contributed by atoms with Crippen molar-refractivity contribution >= 4 is 11.8 Å². The van der Waals surface area contributed by atoms with E-state index in [0.717, 1.165) is 25.9 Å². The van der Waals surface area contributed by atoms with Crippen molar-refractivity contribution in [3.05, 3.63) is 18.0 Å². The molecule has 7 nitrogen and oxygen atoms in total. The van der Waals surface area contributed by atoms with Crippen LogP contribution in [0.15, 0.2) is 12.3 Å². The van der Waals surface area contributed by atoms with Crippen molar-refractivity contribution in [3.8, 4) is 0 Å². The van der Waals surface area contributed by atoms with Gasteiger partial charge in [0.05, 0.1) is 12.6 Å². The molecule has 1 fully saturated rings. The first-order chi connectivity index (χ1) is 10.7. The predicted molar refractivity (Wildman–Crippen MR) is 83.6 cm³/mol.